The van der Waals surface area contributed by atoms with Gasteiger partial charge in [-0.3, -0.25) is 13.9 Å². The van der Waals surface area contributed by atoms with Gasteiger partial charge in [-0.15, -0.1) is 0 Å². The van der Waals surface area contributed by atoms with Crippen LogP contribution in [0, 0.1) is 6.92 Å². The van der Waals surface area contributed by atoms with Crippen molar-refractivity contribution in [3.05, 3.63) is 58.6 Å². The highest BCUT2D eigenvalue weighted by Crippen LogP contribution is 2.28. The van der Waals surface area contributed by atoms with Crippen molar-refractivity contribution < 1.29 is 18.0 Å². The third kappa shape index (κ3) is 5.73. The van der Waals surface area contributed by atoms with Gasteiger partial charge in [0.2, 0.25) is 15.9 Å². The van der Waals surface area contributed by atoms with E-state index in [9.17, 15) is 18.0 Å². The van der Waals surface area contributed by atoms with Crippen molar-refractivity contribution in [2.24, 2.45) is 0 Å². The van der Waals surface area contributed by atoms with E-state index in [1.807, 2.05) is 13.8 Å². The van der Waals surface area contributed by atoms with E-state index in [2.05, 4.69) is 10.6 Å². The van der Waals surface area contributed by atoms with E-state index in [0.717, 1.165) is 10.6 Å². The molecule has 0 unspecified atom stereocenters. The number of aryl methyl sites for hydroxylation is 1. The minimum Gasteiger partial charge on any atom is -0.350 e. The summed E-state index contributed by atoms with van der Waals surface area (Å²) in [5, 5.41) is 5.81. The highest BCUT2D eigenvalue weighted by molar-refractivity contribution is 7.92. The van der Waals surface area contributed by atoms with Gasteiger partial charge in [-0.2, -0.15) is 0 Å². The first-order valence-electron chi connectivity index (χ1n) is 9.38. The van der Waals surface area contributed by atoms with Crippen LogP contribution in [0.5, 0.6) is 0 Å². The first-order valence-corrected chi connectivity index (χ1v) is 11.6. The van der Waals surface area contributed by atoms with Crippen LogP contribution in [0.25, 0.3) is 0 Å². The van der Waals surface area contributed by atoms with Gasteiger partial charge in [-0.05, 0) is 57.5 Å². The third-order valence-corrected chi connectivity index (χ3v) is 5.81. The van der Waals surface area contributed by atoms with Crippen molar-refractivity contribution in [3.8, 4) is 0 Å². The first-order chi connectivity index (χ1) is 13.9. The molecule has 30 heavy (non-hydrogen) atoms. The molecule has 0 spiro atoms. The molecule has 0 aliphatic heterocycles. The molecule has 9 heteroatoms. The van der Waals surface area contributed by atoms with E-state index >= 15 is 0 Å². The summed E-state index contributed by atoms with van der Waals surface area (Å²) in [6, 6.07) is 10.2. The van der Waals surface area contributed by atoms with E-state index in [4.69, 9.17) is 11.6 Å². The number of benzene rings is 2. The summed E-state index contributed by atoms with van der Waals surface area (Å²) in [5.74, 6) is -0.913. The molecule has 0 radical (unpaired) electrons. The fraction of sp³-hybridized carbons (Fsp3) is 0.333. The summed E-state index contributed by atoms with van der Waals surface area (Å²) >= 11 is 6.06. The maximum absolute atomic E-state index is 13.0. The zero-order chi connectivity index (χ0) is 22.6. The summed E-state index contributed by atoms with van der Waals surface area (Å²) in [4.78, 5) is 25.4. The van der Waals surface area contributed by atoms with Gasteiger partial charge in [-0.25, -0.2) is 8.42 Å². The molecule has 7 nitrogen and oxygen atoms in total. The Labute approximate surface area is 182 Å². The number of sulfonamides is 1. The Morgan fingerprint density at radius 1 is 1.07 bits per heavy atom. The van der Waals surface area contributed by atoms with Gasteiger partial charge in [0.15, 0.2) is 0 Å². The predicted molar refractivity (Wildman–Crippen MR) is 121 cm³/mol. The average molecular weight is 452 g/mol. The van der Waals surface area contributed by atoms with Crippen LogP contribution in [0.15, 0.2) is 42.5 Å². The second kappa shape index (κ2) is 9.49. The molecule has 2 amide bonds. The number of rotatable bonds is 7. The molecule has 0 saturated heterocycles. The Kier molecular flexibility index (Phi) is 7.49. The molecule has 0 aliphatic carbocycles. The Hall–Kier alpha value is -2.58. The molecule has 2 N–H and O–H groups in total. The van der Waals surface area contributed by atoms with Crippen LogP contribution in [-0.2, 0) is 14.8 Å². The Bertz CT molecular complexity index is 1050. The van der Waals surface area contributed by atoms with Gasteiger partial charge in [0.25, 0.3) is 5.91 Å². The number of nitrogens with zero attached hydrogens (tertiary/aromatic N) is 1. The number of carbonyl (C=O) groups is 2. The zero-order valence-corrected chi connectivity index (χ0v) is 19.1. The lowest BCUT2D eigenvalue weighted by Crippen LogP contribution is -2.46. The quantitative estimate of drug-likeness (QED) is 0.672. The summed E-state index contributed by atoms with van der Waals surface area (Å²) < 4.78 is 26.1. The van der Waals surface area contributed by atoms with Crippen LogP contribution in [-0.4, -0.2) is 38.6 Å². The maximum Gasteiger partial charge on any atom is 0.253 e. The Morgan fingerprint density at radius 3 is 2.30 bits per heavy atom. The highest BCUT2D eigenvalue weighted by Gasteiger charge is 2.31. The van der Waals surface area contributed by atoms with Crippen LogP contribution >= 0.6 is 11.6 Å². The standard InChI is InChI=1S/C21H26ClN3O4S/c1-13(2)23-21(27)17-8-6-7-9-18(17)24-20(26)15(4)25(30(5,28)29)19-12-16(22)11-10-14(19)3/h6-13,15H,1-5H3,(H,23,27)(H,24,26)/t15-/m0/s1. The number of hydrogen-bond donors (Lipinski definition) is 2. The van der Waals surface area contributed by atoms with Crippen molar-refractivity contribution in [2.45, 2.75) is 39.8 Å². The van der Waals surface area contributed by atoms with Gasteiger partial charge in [0, 0.05) is 11.1 Å². The lowest BCUT2D eigenvalue weighted by Gasteiger charge is -2.29. The van der Waals surface area contributed by atoms with Gasteiger partial charge < -0.3 is 10.6 Å². The van der Waals surface area contributed by atoms with Crippen molar-refractivity contribution in [3.63, 3.8) is 0 Å². The van der Waals surface area contributed by atoms with E-state index < -0.39 is 22.0 Å². The SMILES string of the molecule is Cc1ccc(Cl)cc1N([C@@H](C)C(=O)Nc1ccccc1C(=O)NC(C)C)S(C)(=O)=O. The molecule has 0 bridgehead atoms. The predicted octanol–water partition coefficient (Wildman–Crippen LogP) is 3.58. The minimum atomic E-state index is -3.80. The molecule has 2 rings (SSSR count). The van der Waals surface area contributed by atoms with Crippen molar-refractivity contribution >= 4 is 44.8 Å². The number of amides is 2. The number of carbonyl (C=O) groups excluding carboxylic acids is 2. The molecule has 0 aromatic heterocycles. The molecular weight excluding hydrogens is 426 g/mol. The van der Waals surface area contributed by atoms with Crippen LogP contribution in [0.3, 0.4) is 0 Å². The fourth-order valence-electron chi connectivity index (χ4n) is 2.97. The van der Waals surface area contributed by atoms with Crippen molar-refractivity contribution in [1.82, 2.24) is 5.32 Å². The van der Waals surface area contributed by atoms with Crippen LogP contribution in [0.2, 0.25) is 5.02 Å². The first kappa shape index (κ1) is 23.7. The van der Waals surface area contributed by atoms with Gasteiger partial charge in [0.1, 0.15) is 6.04 Å². The lowest BCUT2D eigenvalue weighted by molar-refractivity contribution is -0.116. The van der Waals surface area contributed by atoms with Gasteiger partial charge in [-0.1, -0.05) is 29.8 Å². The maximum atomic E-state index is 13.0. The zero-order valence-electron chi connectivity index (χ0n) is 17.6. The van der Waals surface area contributed by atoms with Crippen LogP contribution < -0.4 is 14.9 Å². The number of nitrogens with one attached hydrogen (secondary N) is 2. The van der Waals surface area contributed by atoms with Gasteiger partial charge in [0.05, 0.1) is 23.2 Å². The van der Waals surface area contributed by atoms with E-state index in [0.29, 0.717) is 22.0 Å². The van der Waals surface area contributed by atoms with E-state index in [1.54, 1.807) is 43.3 Å². The molecule has 1 atom stereocenters. The van der Waals surface area contributed by atoms with Crippen molar-refractivity contribution in [1.29, 1.82) is 0 Å². The van der Waals surface area contributed by atoms with Crippen LogP contribution in [0.4, 0.5) is 11.4 Å². The average Bonchev–Trinajstić information content (AvgIpc) is 2.63. The molecule has 162 valence electrons. The van der Waals surface area contributed by atoms with E-state index in [1.165, 1.54) is 13.0 Å². The Balaban J connectivity index is 2.38. The summed E-state index contributed by atoms with van der Waals surface area (Å²) in [6.45, 7) is 6.88. The summed E-state index contributed by atoms with van der Waals surface area (Å²) in [5.41, 5.74) is 1.56. The smallest absolute Gasteiger partial charge is 0.253 e. The van der Waals surface area contributed by atoms with Crippen molar-refractivity contribution in [2.75, 3.05) is 15.9 Å². The molecular formula is C21H26ClN3O4S. The molecule has 0 aliphatic rings. The topological polar surface area (TPSA) is 95.6 Å². The Morgan fingerprint density at radius 2 is 1.70 bits per heavy atom. The van der Waals surface area contributed by atoms with E-state index in [-0.39, 0.29) is 17.5 Å². The molecule has 0 heterocycles. The normalized spacial score (nSPS) is 12.4. The second-order valence-electron chi connectivity index (χ2n) is 7.33. The highest BCUT2D eigenvalue weighted by atomic mass is 35.5. The minimum absolute atomic E-state index is 0.0771. The second-order valence-corrected chi connectivity index (χ2v) is 9.62. The molecule has 2 aromatic rings. The molecule has 2 aromatic carbocycles. The van der Waals surface area contributed by atoms with Gasteiger partial charge >= 0.3 is 0 Å². The monoisotopic (exact) mass is 451 g/mol. The number of anilines is 2. The largest absolute Gasteiger partial charge is 0.350 e. The third-order valence-electron chi connectivity index (χ3n) is 4.35. The molecule has 0 saturated carbocycles. The summed E-state index contributed by atoms with van der Waals surface area (Å²) in [7, 11) is -3.80. The van der Waals surface area contributed by atoms with Crippen LogP contribution in [0.1, 0.15) is 36.7 Å². The number of hydrogen-bond acceptors (Lipinski definition) is 4. The lowest BCUT2D eigenvalue weighted by atomic mass is 10.1. The fourth-order valence-corrected chi connectivity index (χ4v) is 4.36. The number of halogens is 1. The number of para-hydroxylation sites is 1. The molecule has 0 fully saturated rings. The summed E-state index contributed by atoms with van der Waals surface area (Å²) in [6.07, 6.45) is 1.03.